The molecular weight excluding hydrogens is 379 g/mol. The van der Waals surface area contributed by atoms with E-state index in [0.717, 1.165) is 58.3 Å². The van der Waals surface area contributed by atoms with Crippen LogP contribution < -0.4 is 0 Å². The van der Waals surface area contributed by atoms with Gasteiger partial charge in [0.1, 0.15) is 5.60 Å². The zero-order valence-electron chi connectivity index (χ0n) is 18.1. The maximum absolute atomic E-state index is 12.5. The highest BCUT2D eigenvalue weighted by molar-refractivity contribution is 6.59. The SMILES string of the molecule is [B]C([B])([B])N1C(=O)OC2(CCN(C3CC4(CCN(C(=O)OCC)C4)C3)CC2)C1CC. The smallest absolute Gasteiger partial charge is 0.409 e. The third kappa shape index (κ3) is 3.63. The van der Waals surface area contributed by atoms with Crippen LogP contribution in [-0.2, 0) is 9.47 Å². The Hall–Kier alpha value is -1.31. The van der Waals surface area contributed by atoms with Crippen LogP contribution in [0.4, 0.5) is 9.59 Å². The summed E-state index contributed by atoms with van der Waals surface area (Å²) in [7, 11) is 17.5. The third-order valence-electron chi connectivity index (χ3n) is 7.67. The molecule has 0 bridgehead atoms. The van der Waals surface area contributed by atoms with E-state index in [1.54, 1.807) is 0 Å². The maximum Gasteiger partial charge on any atom is 0.409 e. The number of ether oxygens (including phenoxy) is 2. The molecule has 2 amide bonds. The van der Waals surface area contributed by atoms with Gasteiger partial charge in [-0.25, -0.2) is 9.59 Å². The Balaban J connectivity index is 1.32. The minimum absolute atomic E-state index is 0.188. The van der Waals surface area contributed by atoms with E-state index < -0.39 is 16.9 Å². The van der Waals surface area contributed by atoms with Crippen LogP contribution in [-0.4, -0.2) is 106 Å². The van der Waals surface area contributed by atoms with Crippen LogP contribution in [0.1, 0.15) is 52.4 Å². The van der Waals surface area contributed by atoms with Gasteiger partial charge in [-0.2, -0.15) is 0 Å². The van der Waals surface area contributed by atoms with Gasteiger partial charge >= 0.3 is 12.2 Å². The Bertz CT molecular complexity index is 687. The monoisotopic (exact) mass is 409 g/mol. The maximum atomic E-state index is 12.5. The van der Waals surface area contributed by atoms with Crippen LogP contribution in [0.25, 0.3) is 0 Å². The molecule has 10 heteroatoms. The Morgan fingerprint density at radius 3 is 2.40 bits per heavy atom. The number of nitrogens with zero attached hydrogens (tertiary/aromatic N) is 3. The Morgan fingerprint density at radius 1 is 1.17 bits per heavy atom. The summed E-state index contributed by atoms with van der Waals surface area (Å²) in [5.74, 6) is 0. The molecule has 7 nitrogen and oxygen atoms in total. The van der Waals surface area contributed by atoms with Crippen LogP contribution in [0, 0.1) is 5.41 Å². The fourth-order valence-corrected chi connectivity index (χ4v) is 6.18. The molecule has 0 N–H and O–H groups in total. The zero-order valence-corrected chi connectivity index (χ0v) is 18.1. The van der Waals surface area contributed by atoms with Crippen molar-refractivity contribution < 1.29 is 19.1 Å². The largest absolute Gasteiger partial charge is 0.450 e. The molecule has 158 valence electrons. The normalized spacial score (nSPS) is 33.7. The first-order valence-corrected chi connectivity index (χ1v) is 11.2. The van der Waals surface area contributed by atoms with Crippen molar-refractivity contribution >= 4 is 35.7 Å². The number of carbonyl (C=O) groups is 2. The highest BCUT2D eigenvalue weighted by Crippen LogP contribution is 2.51. The van der Waals surface area contributed by atoms with Gasteiger partial charge in [0.2, 0.25) is 0 Å². The summed E-state index contributed by atoms with van der Waals surface area (Å²) >= 11 is 0. The van der Waals surface area contributed by atoms with E-state index in [1.807, 2.05) is 18.7 Å². The lowest BCUT2D eigenvalue weighted by Crippen LogP contribution is -2.61. The molecule has 30 heavy (non-hydrogen) atoms. The molecule has 1 atom stereocenters. The van der Waals surface area contributed by atoms with Crippen molar-refractivity contribution in [1.82, 2.24) is 14.7 Å². The standard InChI is InChI=1S/C20H30B3N3O4/c1-3-15-19(30-17(28)26(15)20(21,22)23)6-9-24(10-7-19)14-11-18(12-14)5-8-25(13-18)16(27)29-4-2/h14-15H,3-13H2,1-2H3. The van der Waals surface area contributed by atoms with Crippen LogP contribution >= 0.6 is 0 Å². The van der Waals surface area contributed by atoms with Gasteiger partial charge in [-0.3, -0.25) is 0 Å². The summed E-state index contributed by atoms with van der Waals surface area (Å²) in [5, 5.41) is -1.72. The first-order chi connectivity index (χ1) is 14.1. The van der Waals surface area contributed by atoms with Crippen LogP contribution in [0.2, 0.25) is 0 Å². The van der Waals surface area contributed by atoms with Crippen LogP contribution in [0.15, 0.2) is 0 Å². The van der Waals surface area contributed by atoms with E-state index in [1.165, 1.54) is 4.90 Å². The number of piperidine rings is 1. The molecular formula is C20H30B3N3O4. The minimum atomic E-state index is -1.72. The number of hydrogen-bond donors (Lipinski definition) is 0. The van der Waals surface area contributed by atoms with Gasteiger partial charge in [0.05, 0.1) is 36.2 Å². The molecule has 3 heterocycles. The van der Waals surface area contributed by atoms with Crippen molar-refractivity contribution in [2.24, 2.45) is 5.41 Å². The number of hydrogen-bond acceptors (Lipinski definition) is 5. The van der Waals surface area contributed by atoms with E-state index in [4.69, 9.17) is 33.0 Å². The van der Waals surface area contributed by atoms with Gasteiger partial charge in [-0.1, -0.05) is 12.2 Å². The van der Waals surface area contributed by atoms with Crippen molar-refractivity contribution in [3.63, 3.8) is 0 Å². The second-order valence-corrected chi connectivity index (χ2v) is 9.58. The Morgan fingerprint density at radius 2 is 1.83 bits per heavy atom. The molecule has 0 aromatic heterocycles. The van der Waals surface area contributed by atoms with Gasteiger partial charge < -0.3 is 24.2 Å². The molecule has 4 fully saturated rings. The molecule has 1 saturated carbocycles. The van der Waals surface area contributed by atoms with Crippen molar-refractivity contribution in [3.05, 3.63) is 0 Å². The highest BCUT2D eigenvalue weighted by Gasteiger charge is 2.58. The predicted octanol–water partition coefficient (Wildman–Crippen LogP) is 1.18. The highest BCUT2D eigenvalue weighted by atomic mass is 16.6. The number of carbonyl (C=O) groups excluding carboxylic acids is 2. The van der Waals surface area contributed by atoms with Crippen molar-refractivity contribution in [1.29, 1.82) is 0 Å². The number of rotatable bonds is 4. The van der Waals surface area contributed by atoms with Gasteiger partial charge in [0, 0.05) is 45.1 Å². The summed E-state index contributed by atoms with van der Waals surface area (Å²) in [6.07, 6.45) is 4.76. The average molecular weight is 409 g/mol. The van der Waals surface area contributed by atoms with Gasteiger partial charge in [0.25, 0.3) is 0 Å². The van der Waals surface area contributed by atoms with Crippen molar-refractivity contribution in [3.8, 4) is 0 Å². The minimum Gasteiger partial charge on any atom is -0.450 e. The molecule has 0 aromatic carbocycles. The fraction of sp³-hybridized carbons (Fsp3) is 0.900. The molecule has 1 aliphatic carbocycles. The molecule has 6 radical (unpaired) electrons. The van der Waals surface area contributed by atoms with Crippen molar-refractivity contribution in [2.75, 3.05) is 32.8 Å². The van der Waals surface area contributed by atoms with E-state index in [-0.39, 0.29) is 17.6 Å². The predicted molar refractivity (Wildman–Crippen MR) is 115 cm³/mol. The molecule has 3 saturated heterocycles. The number of amides is 2. The molecule has 4 rings (SSSR count). The molecule has 4 aliphatic rings. The van der Waals surface area contributed by atoms with E-state index in [2.05, 4.69) is 4.90 Å². The average Bonchev–Trinajstić information content (AvgIpc) is 3.21. The summed E-state index contributed by atoms with van der Waals surface area (Å²) < 4.78 is 11.0. The van der Waals surface area contributed by atoms with E-state index in [9.17, 15) is 9.59 Å². The van der Waals surface area contributed by atoms with Gasteiger partial charge in [-0.05, 0) is 38.0 Å². The topological polar surface area (TPSA) is 62.3 Å². The lowest BCUT2D eigenvalue weighted by molar-refractivity contribution is -0.0636. The second-order valence-electron chi connectivity index (χ2n) is 9.58. The summed E-state index contributed by atoms with van der Waals surface area (Å²) in [6.45, 7) is 7.59. The third-order valence-corrected chi connectivity index (χ3v) is 7.67. The van der Waals surface area contributed by atoms with Crippen LogP contribution in [0.3, 0.4) is 0 Å². The molecule has 3 aliphatic heterocycles. The number of likely N-dealkylation sites (tertiary alicyclic amines) is 2. The summed E-state index contributed by atoms with van der Waals surface area (Å²) in [5.41, 5.74) is -0.325. The van der Waals surface area contributed by atoms with E-state index in [0.29, 0.717) is 19.1 Å². The quantitative estimate of drug-likeness (QED) is 0.654. The first kappa shape index (κ1) is 21.9. The molecule has 0 aromatic rings. The fourth-order valence-electron chi connectivity index (χ4n) is 6.18. The molecule has 1 unspecified atom stereocenters. The molecule has 2 spiro atoms. The summed E-state index contributed by atoms with van der Waals surface area (Å²) in [4.78, 5) is 30.1. The Kier molecular flexibility index (Phi) is 5.61. The van der Waals surface area contributed by atoms with Gasteiger partial charge in [0.15, 0.2) is 0 Å². The zero-order chi connectivity index (χ0) is 21.7. The summed E-state index contributed by atoms with van der Waals surface area (Å²) in [6, 6.07) is 0.309. The van der Waals surface area contributed by atoms with Gasteiger partial charge in [-0.15, -0.1) is 0 Å². The Labute approximate surface area is 183 Å². The van der Waals surface area contributed by atoms with Crippen LogP contribution in [0.5, 0.6) is 0 Å². The lowest BCUT2D eigenvalue weighted by atomic mass is 9.48. The van der Waals surface area contributed by atoms with Crippen molar-refractivity contribution in [2.45, 2.75) is 75.3 Å². The lowest BCUT2D eigenvalue weighted by Gasteiger charge is -2.53. The second kappa shape index (κ2) is 7.68. The van der Waals surface area contributed by atoms with E-state index >= 15 is 0 Å². The first-order valence-electron chi connectivity index (χ1n) is 11.2.